The van der Waals surface area contributed by atoms with Gasteiger partial charge in [-0.3, -0.25) is 5.43 Å². The summed E-state index contributed by atoms with van der Waals surface area (Å²) in [6.45, 7) is 0. The van der Waals surface area contributed by atoms with Gasteiger partial charge in [0.05, 0.1) is 6.04 Å². The van der Waals surface area contributed by atoms with Gasteiger partial charge in [-0.25, -0.2) is 22.2 Å². The molecule has 0 spiro atoms. The summed E-state index contributed by atoms with van der Waals surface area (Å²) in [7, 11) is -4.17. The number of halogens is 2. The third kappa shape index (κ3) is 1.90. The summed E-state index contributed by atoms with van der Waals surface area (Å²) in [5.74, 6) is 0. The molecule has 3 atom stereocenters. The topological polar surface area (TPSA) is 61.8 Å². The van der Waals surface area contributed by atoms with E-state index >= 15 is 0 Å². The molecule has 2 fully saturated rings. The van der Waals surface area contributed by atoms with E-state index in [0.717, 1.165) is 5.56 Å². The van der Waals surface area contributed by atoms with Crippen LogP contribution in [-0.2, 0) is 9.84 Å². The standard InChI is InChI=1S/C14H15F2N3O2S/c15-10-8-11(9-4-2-1-3-5-9)19-12(10)17-13(18-19)22(20,21)14(16)6-7-14/h1-5,10-12H,6-8H2,(H,17,18)/t10-,11-,12?/m0/s1. The first-order chi connectivity index (χ1) is 10.4. The molecule has 5 nitrogen and oxygen atoms in total. The molecule has 1 saturated heterocycles. The fraction of sp³-hybridized carbons (Fsp3) is 0.500. The van der Waals surface area contributed by atoms with Gasteiger partial charge >= 0.3 is 0 Å². The molecule has 1 aromatic carbocycles. The highest BCUT2D eigenvalue weighted by atomic mass is 32.2. The van der Waals surface area contributed by atoms with Crippen LogP contribution in [0.15, 0.2) is 35.3 Å². The van der Waals surface area contributed by atoms with Crippen molar-refractivity contribution in [2.24, 2.45) is 4.99 Å². The van der Waals surface area contributed by atoms with Gasteiger partial charge in [-0.1, -0.05) is 30.3 Å². The summed E-state index contributed by atoms with van der Waals surface area (Å²) in [6.07, 6.45) is -2.04. The first kappa shape index (κ1) is 14.1. The Morgan fingerprint density at radius 1 is 1.27 bits per heavy atom. The van der Waals surface area contributed by atoms with E-state index in [1.54, 1.807) is 0 Å². The van der Waals surface area contributed by atoms with E-state index in [2.05, 4.69) is 10.4 Å². The van der Waals surface area contributed by atoms with Crippen molar-refractivity contribution in [1.82, 2.24) is 10.4 Å². The Balaban J connectivity index is 1.64. The molecule has 4 rings (SSSR count). The predicted octanol–water partition coefficient (Wildman–Crippen LogP) is 1.85. The van der Waals surface area contributed by atoms with Gasteiger partial charge in [0.2, 0.25) is 20.0 Å². The van der Waals surface area contributed by atoms with E-state index in [9.17, 15) is 17.2 Å². The Labute approximate surface area is 126 Å². The third-order valence-electron chi connectivity index (χ3n) is 4.43. The number of fused-ring (bicyclic) bond motifs is 1. The molecule has 8 heteroatoms. The molecule has 0 amide bonds. The Kier molecular flexibility index (Phi) is 2.87. The van der Waals surface area contributed by atoms with Crippen molar-refractivity contribution in [3.8, 4) is 0 Å². The van der Waals surface area contributed by atoms with E-state index in [1.807, 2.05) is 30.3 Å². The molecule has 0 radical (unpaired) electrons. The second kappa shape index (κ2) is 4.48. The molecule has 0 bridgehead atoms. The van der Waals surface area contributed by atoms with Crippen molar-refractivity contribution >= 4 is 15.0 Å². The Morgan fingerprint density at radius 3 is 2.59 bits per heavy atom. The smallest absolute Gasteiger partial charge is 0.247 e. The molecule has 1 aromatic rings. The molecular formula is C14H15F2N3O2S. The SMILES string of the molecule is O=S(=O)(C1=NC2[C@@H](F)C[C@@H](c3ccccc3)N2N1)C1(F)CC1. The highest BCUT2D eigenvalue weighted by molar-refractivity contribution is 8.07. The lowest BCUT2D eigenvalue weighted by Gasteiger charge is -2.23. The molecular weight excluding hydrogens is 312 g/mol. The van der Waals surface area contributed by atoms with Gasteiger partial charge in [0, 0.05) is 19.3 Å². The summed E-state index contributed by atoms with van der Waals surface area (Å²) >= 11 is 0. The van der Waals surface area contributed by atoms with Crippen LogP contribution in [0.5, 0.6) is 0 Å². The third-order valence-corrected chi connectivity index (χ3v) is 6.51. The number of nitrogens with one attached hydrogen (secondary N) is 1. The van der Waals surface area contributed by atoms with Gasteiger partial charge in [-0.15, -0.1) is 0 Å². The highest BCUT2D eigenvalue weighted by Crippen LogP contribution is 2.47. The van der Waals surface area contributed by atoms with Crippen LogP contribution in [0.4, 0.5) is 8.78 Å². The zero-order valence-corrected chi connectivity index (χ0v) is 12.4. The van der Waals surface area contributed by atoms with Gasteiger partial charge < -0.3 is 0 Å². The maximum absolute atomic E-state index is 14.2. The van der Waals surface area contributed by atoms with Crippen LogP contribution in [-0.4, -0.2) is 35.9 Å². The normalized spacial score (nSPS) is 33.2. The Morgan fingerprint density at radius 2 is 1.95 bits per heavy atom. The lowest BCUT2D eigenvalue weighted by Crippen LogP contribution is -2.44. The van der Waals surface area contributed by atoms with Gasteiger partial charge in [0.25, 0.3) is 0 Å². The number of sulfone groups is 1. The molecule has 22 heavy (non-hydrogen) atoms. The second-order valence-electron chi connectivity index (χ2n) is 5.93. The summed E-state index contributed by atoms with van der Waals surface area (Å²) < 4.78 is 52.6. The number of nitrogens with zero attached hydrogens (tertiary/aromatic N) is 2. The number of hydrogen-bond acceptors (Lipinski definition) is 5. The Hall–Kier alpha value is -1.54. The Bertz CT molecular complexity index is 734. The van der Waals surface area contributed by atoms with Crippen molar-refractivity contribution in [3.05, 3.63) is 35.9 Å². The van der Waals surface area contributed by atoms with Crippen LogP contribution in [0.2, 0.25) is 0 Å². The monoisotopic (exact) mass is 327 g/mol. The number of alkyl halides is 2. The molecule has 1 aliphatic carbocycles. The molecule has 1 saturated carbocycles. The molecule has 1 N–H and O–H groups in total. The van der Waals surface area contributed by atoms with Crippen molar-refractivity contribution < 1.29 is 17.2 Å². The zero-order valence-electron chi connectivity index (χ0n) is 11.6. The maximum atomic E-state index is 14.2. The minimum absolute atomic E-state index is 0.0259. The maximum Gasteiger partial charge on any atom is 0.247 e. The summed E-state index contributed by atoms with van der Waals surface area (Å²) in [5, 5.41) is -1.19. The van der Waals surface area contributed by atoms with Crippen LogP contribution in [0, 0.1) is 0 Å². The number of hydrogen-bond donors (Lipinski definition) is 1. The molecule has 1 unspecified atom stereocenters. The fourth-order valence-corrected chi connectivity index (χ4v) is 4.45. The summed E-state index contributed by atoms with van der Waals surface area (Å²) in [5.41, 5.74) is 3.50. The van der Waals surface area contributed by atoms with E-state index in [1.165, 1.54) is 5.01 Å². The van der Waals surface area contributed by atoms with E-state index < -0.39 is 32.3 Å². The lowest BCUT2D eigenvalue weighted by molar-refractivity contribution is 0.160. The van der Waals surface area contributed by atoms with Crippen LogP contribution >= 0.6 is 0 Å². The first-order valence-electron chi connectivity index (χ1n) is 7.18. The molecule has 118 valence electrons. The summed E-state index contributed by atoms with van der Waals surface area (Å²) in [6, 6.07) is 8.91. The quantitative estimate of drug-likeness (QED) is 0.900. The summed E-state index contributed by atoms with van der Waals surface area (Å²) in [4.78, 5) is 3.91. The highest BCUT2D eigenvalue weighted by Gasteiger charge is 2.60. The van der Waals surface area contributed by atoms with Gasteiger partial charge in [-0.05, 0) is 5.56 Å². The largest absolute Gasteiger partial charge is 0.291 e. The average Bonchev–Trinajstić information content (AvgIpc) is 2.99. The van der Waals surface area contributed by atoms with Gasteiger partial charge in [0.15, 0.2) is 6.17 Å². The van der Waals surface area contributed by atoms with Crippen molar-refractivity contribution in [1.29, 1.82) is 0 Å². The van der Waals surface area contributed by atoms with Crippen LogP contribution in [0.3, 0.4) is 0 Å². The minimum Gasteiger partial charge on any atom is -0.291 e. The fourth-order valence-electron chi connectivity index (χ4n) is 3.00. The van der Waals surface area contributed by atoms with Gasteiger partial charge in [-0.2, -0.15) is 5.01 Å². The van der Waals surface area contributed by atoms with Crippen molar-refractivity contribution in [2.45, 2.75) is 42.6 Å². The van der Waals surface area contributed by atoms with Crippen LogP contribution in [0.25, 0.3) is 0 Å². The van der Waals surface area contributed by atoms with E-state index in [4.69, 9.17) is 0 Å². The number of aliphatic imine (C=N–C) groups is 1. The number of hydrazine groups is 1. The number of rotatable bonds is 2. The average molecular weight is 327 g/mol. The van der Waals surface area contributed by atoms with Gasteiger partial charge in [0.1, 0.15) is 6.17 Å². The lowest BCUT2D eigenvalue weighted by atomic mass is 10.1. The number of benzene rings is 1. The predicted molar refractivity (Wildman–Crippen MR) is 76.9 cm³/mol. The minimum atomic E-state index is -4.17. The van der Waals surface area contributed by atoms with Crippen LogP contribution < -0.4 is 5.43 Å². The molecule has 2 aliphatic heterocycles. The van der Waals surface area contributed by atoms with Crippen LogP contribution in [0.1, 0.15) is 30.9 Å². The first-order valence-corrected chi connectivity index (χ1v) is 8.66. The molecule has 3 aliphatic rings. The molecule has 2 heterocycles. The van der Waals surface area contributed by atoms with E-state index in [0.29, 0.717) is 0 Å². The van der Waals surface area contributed by atoms with Crippen molar-refractivity contribution in [3.63, 3.8) is 0 Å². The molecule has 0 aromatic heterocycles. The second-order valence-corrected chi connectivity index (χ2v) is 8.06. The van der Waals surface area contributed by atoms with Crippen molar-refractivity contribution in [2.75, 3.05) is 0 Å². The number of amidine groups is 1. The zero-order chi connectivity index (χ0) is 15.5. The van der Waals surface area contributed by atoms with E-state index in [-0.39, 0.29) is 25.3 Å².